The normalized spacial score (nSPS) is 16.1. The molecule has 10 atom stereocenters. The Morgan fingerprint density at radius 2 is 0.487 bits per heavy atom. The van der Waals surface area contributed by atoms with Gasteiger partial charge in [-0.15, -0.1) is 0 Å². The van der Waals surface area contributed by atoms with E-state index in [0.29, 0.717) is 25.7 Å². The molecule has 0 aromatic rings. The fourth-order valence-corrected chi connectivity index (χ4v) is 13.6. The zero-order valence-electron chi connectivity index (χ0n) is 52.6. The van der Waals surface area contributed by atoms with Crippen LogP contribution in [0.5, 0.6) is 0 Å². The summed E-state index contributed by atoms with van der Waals surface area (Å²) in [6.07, 6.45) is 35.8. The predicted octanol–water partition coefficient (Wildman–Crippen LogP) is 13.0. The largest absolute Gasteiger partial charge is 0.392 e. The minimum Gasteiger partial charge on any atom is -0.392 e. The summed E-state index contributed by atoms with van der Waals surface area (Å²) in [7, 11) is -5.24. The van der Waals surface area contributed by atoms with Gasteiger partial charge in [0.15, 0.2) is 9.84 Å². The molecular weight excluding hydrogens is 1070 g/mol. The molecule has 486 valence electrons. The Balaban J connectivity index is -0.00000112. The molecule has 10 N–H and O–H groups in total. The topological polar surface area (TPSA) is 254 Å². The van der Waals surface area contributed by atoms with Crippen LogP contribution in [0, 0.1) is 0 Å². The van der Waals surface area contributed by atoms with E-state index in [4.69, 9.17) is 0 Å². The molecule has 0 heterocycles. The number of hydrogen-bond donors (Lipinski definition) is 10. The fraction of sp³-hybridized carbons (Fsp3) is 1.00. The molecule has 80 heavy (non-hydrogen) atoms. The predicted molar refractivity (Wildman–Crippen MR) is 342 cm³/mol. The van der Waals surface area contributed by atoms with Crippen LogP contribution in [-0.2, 0) is 20.6 Å². The van der Waals surface area contributed by atoms with E-state index in [1.54, 1.807) is 11.8 Å². The lowest BCUT2D eigenvalue weighted by molar-refractivity contribution is 0.0224. The molecular formula is C64H134O13S3. The number of sulfone groups is 1. The highest BCUT2D eigenvalue weighted by atomic mass is 32.2. The summed E-state index contributed by atoms with van der Waals surface area (Å²) in [4.78, 5) is 0. The van der Waals surface area contributed by atoms with E-state index in [-0.39, 0.29) is 23.7 Å². The van der Waals surface area contributed by atoms with Crippen LogP contribution in [0.15, 0.2) is 0 Å². The Hall–Kier alpha value is 0.0500. The average molecular weight is 1210 g/mol. The summed E-state index contributed by atoms with van der Waals surface area (Å²) in [5.41, 5.74) is 0. The quantitative estimate of drug-likeness (QED) is 0.0254. The van der Waals surface area contributed by atoms with Crippen LogP contribution >= 0.6 is 11.8 Å². The molecule has 0 rings (SSSR count). The van der Waals surface area contributed by atoms with E-state index in [9.17, 15) is 63.7 Å². The zero-order valence-corrected chi connectivity index (χ0v) is 55.1. The van der Waals surface area contributed by atoms with Gasteiger partial charge < -0.3 is 51.1 Å². The van der Waals surface area contributed by atoms with Crippen LogP contribution < -0.4 is 0 Å². The van der Waals surface area contributed by atoms with Gasteiger partial charge in [-0.05, 0) is 38.5 Å². The van der Waals surface area contributed by atoms with Crippen LogP contribution in [0.1, 0.15) is 311 Å². The summed E-state index contributed by atoms with van der Waals surface area (Å²) >= 11 is 1.71. The van der Waals surface area contributed by atoms with Crippen LogP contribution in [0.4, 0.5) is 0 Å². The SMILES string of the molecule is CCCCCCCCC(O)C(O)CS(=O)(=O)CC(O)C(O)CCCCCCCC.CCCCCCCCC(O)C(O)CS(=O)CC(O)C(O)CCCCCCCC.CCCCCCCCC(O)CSCC(O)CCCCCCCC. The van der Waals surface area contributed by atoms with Crippen molar-refractivity contribution < 1.29 is 63.7 Å². The van der Waals surface area contributed by atoms with Gasteiger partial charge in [-0.2, -0.15) is 11.8 Å². The first-order valence-electron chi connectivity index (χ1n) is 33.3. The van der Waals surface area contributed by atoms with Gasteiger partial charge in [-0.3, -0.25) is 4.21 Å². The van der Waals surface area contributed by atoms with Crippen molar-refractivity contribution in [3.8, 4) is 0 Å². The van der Waals surface area contributed by atoms with E-state index in [1.165, 1.54) is 128 Å². The van der Waals surface area contributed by atoms with E-state index in [1.807, 2.05) is 0 Å². The lowest BCUT2D eigenvalue weighted by Gasteiger charge is -2.21. The van der Waals surface area contributed by atoms with Gasteiger partial charge in [0, 0.05) is 22.3 Å². The van der Waals surface area contributed by atoms with Crippen LogP contribution in [0.25, 0.3) is 0 Å². The van der Waals surface area contributed by atoms with Crippen LogP contribution in [0.2, 0.25) is 0 Å². The van der Waals surface area contributed by atoms with E-state index >= 15 is 0 Å². The third kappa shape index (κ3) is 59.8. The van der Waals surface area contributed by atoms with E-state index in [2.05, 4.69) is 41.5 Å². The minimum atomic E-state index is -3.78. The highest BCUT2D eigenvalue weighted by Crippen LogP contribution is 2.19. The maximum atomic E-state index is 12.2. The molecule has 16 heteroatoms. The van der Waals surface area contributed by atoms with Crippen molar-refractivity contribution in [3.63, 3.8) is 0 Å². The zero-order chi connectivity index (χ0) is 60.5. The summed E-state index contributed by atoms with van der Waals surface area (Å²) < 4.78 is 36.6. The summed E-state index contributed by atoms with van der Waals surface area (Å²) in [6.45, 7) is 13.1. The second kappa shape index (κ2) is 62.1. The molecule has 0 aliphatic heterocycles. The molecule has 0 amide bonds. The molecule has 0 saturated carbocycles. The van der Waals surface area contributed by atoms with Gasteiger partial charge in [0.2, 0.25) is 0 Å². The summed E-state index contributed by atoms with van der Waals surface area (Å²) in [5.74, 6) is 0.260. The number of thioether (sulfide) groups is 1. The van der Waals surface area contributed by atoms with Crippen molar-refractivity contribution in [1.29, 1.82) is 0 Å². The maximum absolute atomic E-state index is 12.2. The smallest absolute Gasteiger partial charge is 0.155 e. The monoisotopic (exact) mass is 1210 g/mol. The second-order valence-electron chi connectivity index (χ2n) is 23.6. The number of rotatable bonds is 58. The van der Waals surface area contributed by atoms with E-state index in [0.717, 1.165) is 127 Å². The fourth-order valence-electron chi connectivity index (χ4n) is 9.61. The van der Waals surface area contributed by atoms with Gasteiger partial charge in [0.25, 0.3) is 0 Å². The van der Waals surface area contributed by atoms with Crippen LogP contribution in [0.3, 0.4) is 0 Å². The lowest BCUT2D eigenvalue weighted by atomic mass is 10.0. The Morgan fingerprint density at radius 1 is 0.287 bits per heavy atom. The van der Waals surface area contributed by atoms with Crippen molar-refractivity contribution in [2.45, 2.75) is 372 Å². The van der Waals surface area contributed by atoms with Gasteiger partial charge in [-0.25, -0.2) is 8.42 Å². The van der Waals surface area contributed by atoms with Crippen molar-refractivity contribution in [1.82, 2.24) is 0 Å². The van der Waals surface area contributed by atoms with Crippen molar-refractivity contribution in [2.24, 2.45) is 0 Å². The average Bonchev–Trinajstić information content (AvgIpc) is 3.41. The van der Waals surface area contributed by atoms with E-state index < -0.39 is 81.0 Å². The molecule has 0 spiro atoms. The number of aliphatic hydroxyl groups excluding tert-OH is 10. The number of aliphatic hydroxyl groups is 10. The first-order valence-corrected chi connectivity index (χ1v) is 37.8. The number of unbranched alkanes of at least 4 members (excludes halogenated alkanes) is 30. The van der Waals surface area contributed by atoms with Gasteiger partial charge in [-0.1, -0.05) is 273 Å². The van der Waals surface area contributed by atoms with Gasteiger partial charge in [0.1, 0.15) is 0 Å². The molecule has 0 radical (unpaired) electrons. The Bertz CT molecular complexity index is 1280. The van der Waals surface area contributed by atoms with Gasteiger partial charge in [0.05, 0.1) is 84.1 Å². The first kappa shape index (κ1) is 84.3. The lowest BCUT2D eigenvalue weighted by Crippen LogP contribution is -2.39. The minimum absolute atomic E-state index is 0.0577. The molecule has 0 bridgehead atoms. The molecule has 0 aliphatic carbocycles. The number of hydrogen-bond acceptors (Lipinski definition) is 14. The second-order valence-corrected chi connectivity index (χ2v) is 28.3. The van der Waals surface area contributed by atoms with Crippen molar-refractivity contribution in [3.05, 3.63) is 0 Å². The third-order valence-electron chi connectivity index (χ3n) is 15.2. The summed E-state index contributed by atoms with van der Waals surface area (Å²) in [5, 5.41) is 100. The van der Waals surface area contributed by atoms with Crippen molar-refractivity contribution in [2.75, 3.05) is 34.5 Å². The Labute approximate surface area is 500 Å². The highest BCUT2D eigenvalue weighted by molar-refractivity contribution is 7.99. The molecule has 10 unspecified atom stereocenters. The maximum Gasteiger partial charge on any atom is 0.155 e. The van der Waals surface area contributed by atoms with Crippen LogP contribution in [-0.4, -0.2) is 159 Å². The molecule has 0 saturated heterocycles. The standard InChI is InChI=1S/C22H46O6S.C22H46O5S.C20H42O2S/c1-3-5-7-9-11-13-15-19(23)21(25)17-29(27,28)18-22(26)20(24)16-14-12-10-8-6-4-2;1-3-5-7-9-11-13-15-19(23)21(25)17-28(27)18-22(26)20(24)16-14-12-10-8-6-4-2;1-3-5-7-9-11-13-15-19(21)17-23-18-20(22)16-14-12-10-8-6-4-2/h19-26H,3-18H2,1-2H3;19-26H,3-18H2,1-2H3;19-22H,3-18H2,1-2H3. The third-order valence-corrected chi connectivity index (χ3v) is 19.5. The molecule has 0 aromatic carbocycles. The molecule has 0 aromatic heterocycles. The van der Waals surface area contributed by atoms with Crippen molar-refractivity contribution >= 4 is 32.4 Å². The Morgan fingerprint density at radius 3 is 0.725 bits per heavy atom. The highest BCUT2D eigenvalue weighted by Gasteiger charge is 2.29. The first-order chi connectivity index (χ1) is 38.3. The molecule has 13 nitrogen and oxygen atoms in total. The Kier molecular flexibility index (Phi) is 65.4. The molecule has 0 fully saturated rings. The molecule has 0 aliphatic rings. The summed E-state index contributed by atoms with van der Waals surface area (Å²) in [6, 6.07) is 0. The van der Waals surface area contributed by atoms with Gasteiger partial charge >= 0.3 is 0 Å².